The molecule has 0 bridgehead atoms. The Kier molecular flexibility index (Phi) is 8.09. The van der Waals surface area contributed by atoms with Crippen LogP contribution in [0.5, 0.6) is 0 Å². The molecular weight excluding hydrogens is 493 g/mol. The van der Waals surface area contributed by atoms with Gasteiger partial charge in [-0.25, -0.2) is 0 Å². The van der Waals surface area contributed by atoms with Gasteiger partial charge in [-0.3, -0.25) is 0 Å². The Hall–Kier alpha value is 0.531. The van der Waals surface area contributed by atoms with Crippen LogP contribution in [0.4, 0.5) is 0 Å². The highest BCUT2D eigenvalue weighted by molar-refractivity contribution is 6.70. The van der Waals surface area contributed by atoms with Gasteiger partial charge < -0.3 is 13.3 Å². The summed E-state index contributed by atoms with van der Waals surface area (Å²) in [7, 11) is -4.72. The average molecular weight is 553 g/mol. The maximum Gasteiger partial charge on any atom is 0.184 e. The van der Waals surface area contributed by atoms with Crippen LogP contribution < -0.4 is 0 Å². The molecule has 0 spiro atoms. The predicted molar refractivity (Wildman–Crippen MR) is 161 cm³/mol. The van der Waals surface area contributed by atoms with Gasteiger partial charge in [-0.1, -0.05) is 13.8 Å². The average Bonchev–Trinajstić information content (AvgIpc) is 2.96. The van der Waals surface area contributed by atoms with E-state index in [0.717, 1.165) is 23.7 Å². The lowest BCUT2D eigenvalue weighted by atomic mass is 9.44. The van der Waals surface area contributed by atoms with E-state index in [0.29, 0.717) is 35.1 Å². The highest BCUT2D eigenvalue weighted by Gasteiger charge is 2.64. The van der Waals surface area contributed by atoms with Gasteiger partial charge in [0.25, 0.3) is 0 Å². The summed E-state index contributed by atoms with van der Waals surface area (Å²) in [4.78, 5) is 0. The van der Waals surface area contributed by atoms with Crippen LogP contribution >= 0.6 is 0 Å². The van der Waals surface area contributed by atoms with Gasteiger partial charge in [0.15, 0.2) is 25.0 Å². The fourth-order valence-corrected chi connectivity index (χ4v) is 13.5. The fourth-order valence-electron chi connectivity index (χ4n) is 9.90. The van der Waals surface area contributed by atoms with Crippen LogP contribution in [0, 0.1) is 40.4 Å². The van der Waals surface area contributed by atoms with E-state index in [2.05, 4.69) is 79.7 Å². The van der Waals surface area contributed by atoms with Crippen molar-refractivity contribution in [2.45, 2.75) is 149 Å². The molecule has 4 aliphatic rings. The van der Waals surface area contributed by atoms with Crippen molar-refractivity contribution in [2.75, 3.05) is 0 Å². The van der Waals surface area contributed by atoms with Gasteiger partial charge in [-0.2, -0.15) is 0 Å². The maximum atomic E-state index is 7.04. The van der Waals surface area contributed by atoms with E-state index >= 15 is 0 Å². The molecule has 36 heavy (non-hydrogen) atoms. The van der Waals surface area contributed by atoms with Crippen LogP contribution in [0.15, 0.2) is 0 Å². The maximum absolute atomic E-state index is 7.04. The summed E-state index contributed by atoms with van der Waals surface area (Å²) in [6.45, 7) is 29.0. The molecule has 0 heterocycles. The molecule has 7 unspecified atom stereocenters. The zero-order valence-corrected chi connectivity index (χ0v) is 29.0. The van der Waals surface area contributed by atoms with Crippen LogP contribution in [-0.4, -0.2) is 43.3 Å². The van der Waals surface area contributed by atoms with Gasteiger partial charge in [0, 0.05) is 18.1 Å². The second-order valence-corrected chi connectivity index (χ2v) is 30.2. The standard InChI is InChI=1S/C30H60O3Si3/c1-21(31-34(4,5)6)28-27(33-36(10,11)12)20-26-24-14-13-22-19-23(32-35(7,8)9)15-17-29(22,2)25(24)16-18-30(26,28)3/h21-28H,13-20H2,1-12H3/t21?,22-,23+,24?,25?,26?,27-,28?,29?,30?/m1/s1. The second kappa shape index (κ2) is 9.87. The summed E-state index contributed by atoms with van der Waals surface area (Å²) in [5, 5.41) is 0. The first-order valence-electron chi connectivity index (χ1n) is 15.4. The summed E-state index contributed by atoms with van der Waals surface area (Å²) in [6.07, 6.45) is 12.1. The molecule has 0 radical (unpaired) electrons. The molecule has 210 valence electrons. The first kappa shape index (κ1) is 29.5. The Morgan fingerprint density at radius 2 is 1.28 bits per heavy atom. The lowest BCUT2D eigenvalue weighted by molar-refractivity contribution is -0.131. The third-order valence-corrected chi connectivity index (χ3v) is 13.9. The van der Waals surface area contributed by atoms with E-state index < -0.39 is 25.0 Å². The third kappa shape index (κ3) is 5.99. The van der Waals surface area contributed by atoms with Crippen molar-refractivity contribution in [3.05, 3.63) is 0 Å². The Bertz CT molecular complexity index is 784. The molecule has 4 saturated carbocycles. The van der Waals surface area contributed by atoms with Crippen molar-refractivity contribution < 1.29 is 13.3 Å². The van der Waals surface area contributed by atoms with E-state index in [4.69, 9.17) is 13.3 Å². The van der Waals surface area contributed by atoms with E-state index in [9.17, 15) is 0 Å². The van der Waals surface area contributed by atoms with Crippen LogP contribution in [-0.2, 0) is 13.3 Å². The molecule has 0 saturated heterocycles. The zero-order chi connectivity index (χ0) is 26.9. The van der Waals surface area contributed by atoms with Crippen molar-refractivity contribution >= 4 is 25.0 Å². The lowest BCUT2D eigenvalue weighted by Gasteiger charge is -2.61. The molecule has 0 aromatic carbocycles. The molecule has 3 nitrogen and oxygen atoms in total. The Labute approximate surface area is 227 Å². The van der Waals surface area contributed by atoms with Crippen LogP contribution in [0.2, 0.25) is 58.9 Å². The van der Waals surface area contributed by atoms with Crippen LogP contribution in [0.3, 0.4) is 0 Å². The van der Waals surface area contributed by atoms with E-state index in [1.165, 1.54) is 51.4 Å². The largest absolute Gasteiger partial charge is 0.415 e. The Balaban J connectivity index is 1.57. The molecule has 0 aliphatic heterocycles. The topological polar surface area (TPSA) is 27.7 Å². The van der Waals surface area contributed by atoms with Gasteiger partial charge in [0.1, 0.15) is 0 Å². The van der Waals surface area contributed by atoms with Gasteiger partial charge in [0.05, 0.1) is 6.10 Å². The van der Waals surface area contributed by atoms with Crippen LogP contribution in [0.1, 0.15) is 72.1 Å². The molecule has 4 fully saturated rings. The van der Waals surface area contributed by atoms with Crippen molar-refractivity contribution in [1.82, 2.24) is 0 Å². The van der Waals surface area contributed by atoms with E-state index in [-0.39, 0.29) is 0 Å². The second-order valence-electron chi connectivity index (χ2n) is 16.8. The van der Waals surface area contributed by atoms with E-state index in [1.807, 2.05) is 0 Å². The number of hydrogen-bond acceptors (Lipinski definition) is 3. The quantitative estimate of drug-likeness (QED) is 0.295. The van der Waals surface area contributed by atoms with Crippen molar-refractivity contribution in [3.63, 3.8) is 0 Å². The van der Waals surface area contributed by atoms with Crippen molar-refractivity contribution in [3.8, 4) is 0 Å². The normalized spacial score (nSPS) is 44.5. The van der Waals surface area contributed by atoms with E-state index in [1.54, 1.807) is 0 Å². The van der Waals surface area contributed by atoms with Gasteiger partial charge in [-0.15, -0.1) is 0 Å². The molecule has 0 amide bonds. The first-order chi connectivity index (χ1) is 16.3. The Morgan fingerprint density at radius 1 is 0.667 bits per heavy atom. The molecule has 0 aromatic rings. The smallest absolute Gasteiger partial charge is 0.184 e. The van der Waals surface area contributed by atoms with Gasteiger partial charge in [0.2, 0.25) is 0 Å². The summed E-state index contributed by atoms with van der Waals surface area (Å²) in [5.74, 6) is 3.95. The first-order valence-corrected chi connectivity index (χ1v) is 25.6. The molecular formula is C30H60O3Si3. The fraction of sp³-hybridized carbons (Fsp3) is 1.00. The third-order valence-electron chi connectivity index (χ3n) is 10.8. The highest BCUT2D eigenvalue weighted by Crippen LogP contribution is 2.68. The lowest BCUT2D eigenvalue weighted by Crippen LogP contribution is -2.55. The summed E-state index contributed by atoms with van der Waals surface area (Å²) in [5.41, 5.74) is 0.864. The Morgan fingerprint density at radius 3 is 1.86 bits per heavy atom. The zero-order valence-electron chi connectivity index (χ0n) is 26.0. The summed E-state index contributed by atoms with van der Waals surface area (Å²) >= 11 is 0. The number of rotatable bonds is 7. The summed E-state index contributed by atoms with van der Waals surface area (Å²) in [6, 6.07) is 0. The predicted octanol–water partition coefficient (Wildman–Crippen LogP) is 8.94. The molecule has 4 rings (SSSR count). The minimum Gasteiger partial charge on any atom is -0.415 e. The molecule has 10 atom stereocenters. The minimum absolute atomic E-state index is 0.297. The SMILES string of the molecule is CC(O[Si](C)(C)C)C1[C@H](O[Si](C)(C)C)CC2C3CC[C@@H]4C[C@@H](O[Si](C)(C)C)CCC4(C)C3CCC21C. The monoisotopic (exact) mass is 552 g/mol. The number of hydrogen-bond donors (Lipinski definition) is 0. The molecule has 6 heteroatoms. The number of fused-ring (bicyclic) bond motifs is 5. The van der Waals surface area contributed by atoms with Crippen molar-refractivity contribution in [1.29, 1.82) is 0 Å². The van der Waals surface area contributed by atoms with Gasteiger partial charge >= 0.3 is 0 Å². The van der Waals surface area contributed by atoms with Crippen molar-refractivity contribution in [2.24, 2.45) is 40.4 Å². The minimum atomic E-state index is -1.63. The van der Waals surface area contributed by atoms with Gasteiger partial charge in [-0.05, 0) is 152 Å². The molecule has 4 aliphatic carbocycles. The highest BCUT2D eigenvalue weighted by atomic mass is 28.4. The summed E-state index contributed by atoms with van der Waals surface area (Å²) < 4.78 is 20.5. The molecule has 0 N–H and O–H groups in total. The molecule has 0 aromatic heterocycles. The van der Waals surface area contributed by atoms with Crippen LogP contribution in [0.25, 0.3) is 0 Å².